The van der Waals surface area contributed by atoms with E-state index >= 15 is 0 Å². The lowest BCUT2D eigenvalue weighted by Gasteiger charge is -2.33. The van der Waals surface area contributed by atoms with Crippen molar-refractivity contribution in [3.05, 3.63) is 166 Å². The van der Waals surface area contributed by atoms with Crippen molar-refractivity contribution in [3.63, 3.8) is 0 Å². The molecular formula is C38H30O2. The molecule has 0 atom stereocenters. The van der Waals surface area contributed by atoms with Crippen LogP contribution in [0.2, 0.25) is 0 Å². The van der Waals surface area contributed by atoms with Crippen molar-refractivity contribution in [2.24, 2.45) is 0 Å². The monoisotopic (exact) mass is 518 g/mol. The van der Waals surface area contributed by atoms with Crippen LogP contribution in [0.1, 0.15) is 47.9 Å². The second-order valence-corrected chi connectivity index (χ2v) is 11.4. The summed E-state index contributed by atoms with van der Waals surface area (Å²) in [7, 11) is 0. The Balaban J connectivity index is 1.14. The molecule has 0 heterocycles. The highest BCUT2D eigenvalue weighted by Gasteiger charge is 2.45. The number of benzene rings is 4. The van der Waals surface area contributed by atoms with Gasteiger partial charge in [0.25, 0.3) is 0 Å². The Hall–Kier alpha value is -4.24. The first-order valence-corrected chi connectivity index (χ1v) is 14.2. The maximum atomic E-state index is 12.2. The lowest BCUT2D eigenvalue weighted by molar-refractivity contribution is 0.121. The van der Waals surface area contributed by atoms with E-state index in [1.807, 2.05) is 48.5 Å². The molecule has 0 fully saturated rings. The molecule has 0 spiro atoms. The van der Waals surface area contributed by atoms with Gasteiger partial charge in [-0.25, -0.2) is 0 Å². The van der Waals surface area contributed by atoms with Gasteiger partial charge in [0.1, 0.15) is 11.2 Å². The molecular weight excluding hydrogens is 488 g/mol. The molecule has 8 rings (SSSR count). The van der Waals surface area contributed by atoms with Crippen LogP contribution in [0.25, 0.3) is 22.3 Å². The quantitative estimate of drug-likeness (QED) is 0.288. The van der Waals surface area contributed by atoms with Crippen LogP contribution in [-0.2, 0) is 11.2 Å². The van der Waals surface area contributed by atoms with Gasteiger partial charge in [0.15, 0.2) is 0 Å². The Morgan fingerprint density at radius 3 is 0.950 bits per heavy atom. The summed E-state index contributed by atoms with van der Waals surface area (Å²) >= 11 is 0. The molecule has 40 heavy (non-hydrogen) atoms. The summed E-state index contributed by atoms with van der Waals surface area (Å²) in [6.07, 6.45) is 12.1. The molecule has 0 amide bonds. The predicted molar refractivity (Wildman–Crippen MR) is 161 cm³/mol. The summed E-state index contributed by atoms with van der Waals surface area (Å²) < 4.78 is 0. The topological polar surface area (TPSA) is 40.5 Å². The van der Waals surface area contributed by atoms with E-state index in [0.29, 0.717) is 0 Å². The zero-order chi connectivity index (χ0) is 26.9. The fourth-order valence-electron chi connectivity index (χ4n) is 7.53. The van der Waals surface area contributed by atoms with Gasteiger partial charge in [-0.05, 0) is 70.2 Å². The highest BCUT2D eigenvalue weighted by Crippen LogP contribution is 2.54. The van der Waals surface area contributed by atoms with E-state index < -0.39 is 11.2 Å². The molecule has 0 aromatic heterocycles. The van der Waals surface area contributed by atoms with Crippen molar-refractivity contribution in [2.75, 3.05) is 0 Å². The first-order valence-electron chi connectivity index (χ1n) is 14.2. The SMILES string of the molecule is OC1(C2=CC=C(C3=CC=C(C4(O)c5ccccc5-c5ccccc54)CC3)CC2)c2ccccc2-c2ccccc21. The van der Waals surface area contributed by atoms with Gasteiger partial charge in [-0.2, -0.15) is 0 Å². The van der Waals surface area contributed by atoms with Gasteiger partial charge in [-0.3, -0.25) is 0 Å². The van der Waals surface area contributed by atoms with E-state index in [2.05, 4.69) is 72.8 Å². The lowest BCUT2D eigenvalue weighted by Crippen LogP contribution is -2.29. The molecule has 0 aliphatic heterocycles. The Kier molecular flexibility index (Phi) is 5.10. The first-order chi connectivity index (χ1) is 19.6. The van der Waals surface area contributed by atoms with Crippen molar-refractivity contribution in [3.8, 4) is 22.3 Å². The summed E-state index contributed by atoms with van der Waals surface area (Å²) in [4.78, 5) is 0. The maximum Gasteiger partial charge on any atom is 0.138 e. The number of hydrogen-bond acceptors (Lipinski definition) is 2. The minimum atomic E-state index is -1.09. The van der Waals surface area contributed by atoms with Gasteiger partial charge in [0.2, 0.25) is 0 Å². The third kappa shape index (κ3) is 3.12. The molecule has 4 aliphatic carbocycles. The maximum absolute atomic E-state index is 12.2. The van der Waals surface area contributed by atoms with Crippen molar-refractivity contribution in [1.29, 1.82) is 0 Å². The molecule has 2 heteroatoms. The lowest BCUT2D eigenvalue weighted by atomic mass is 9.76. The second-order valence-electron chi connectivity index (χ2n) is 11.4. The van der Waals surface area contributed by atoms with Gasteiger partial charge >= 0.3 is 0 Å². The molecule has 2 N–H and O–H groups in total. The molecule has 0 bridgehead atoms. The first kappa shape index (κ1) is 23.6. The van der Waals surface area contributed by atoms with Gasteiger partial charge in [-0.15, -0.1) is 0 Å². The van der Waals surface area contributed by atoms with Gasteiger partial charge in [0, 0.05) is 22.3 Å². The molecule has 4 aliphatic rings. The Morgan fingerprint density at radius 1 is 0.375 bits per heavy atom. The molecule has 194 valence electrons. The summed E-state index contributed by atoms with van der Waals surface area (Å²) in [5.41, 5.74) is 11.0. The van der Waals surface area contributed by atoms with Crippen molar-refractivity contribution in [2.45, 2.75) is 36.9 Å². The van der Waals surface area contributed by atoms with Crippen molar-refractivity contribution >= 4 is 0 Å². The second kappa shape index (κ2) is 8.63. The largest absolute Gasteiger partial charge is 0.376 e. The molecule has 4 aromatic carbocycles. The normalized spacial score (nSPS) is 19.4. The highest BCUT2D eigenvalue weighted by atomic mass is 16.3. The summed E-state index contributed by atoms with van der Waals surface area (Å²) in [5.74, 6) is 0. The van der Waals surface area contributed by atoms with Crippen LogP contribution in [0.5, 0.6) is 0 Å². The minimum Gasteiger partial charge on any atom is -0.376 e. The van der Waals surface area contributed by atoms with Crippen LogP contribution < -0.4 is 0 Å². The molecule has 2 nitrogen and oxygen atoms in total. The number of hydrogen-bond donors (Lipinski definition) is 2. The Morgan fingerprint density at radius 2 is 0.675 bits per heavy atom. The Bertz CT molecular complexity index is 1600. The van der Waals surface area contributed by atoms with E-state index in [-0.39, 0.29) is 0 Å². The zero-order valence-electron chi connectivity index (χ0n) is 22.3. The molecule has 0 saturated carbocycles. The number of fused-ring (bicyclic) bond motifs is 6. The summed E-state index contributed by atoms with van der Waals surface area (Å²) in [6.45, 7) is 0. The van der Waals surface area contributed by atoms with Crippen LogP contribution in [0, 0.1) is 0 Å². The van der Waals surface area contributed by atoms with Crippen LogP contribution >= 0.6 is 0 Å². The Labute approximate surface area is 235 Å². The molecule has 4 aromatic rings. The van der Waals surface area contributed by atoms with E-state index in [4.69, 9.17) is 0 Å². The summed E-state index contributed by atoms with van der Waals surface area (Å²) in [6, 6.07) is 33.0. The van der Waals surface area contributed by atoms with E-state index in [0.717, 1.165) is 81.3 Å². The molecule has 0 unspecified atom stereocenters. The predicted octanol–water partition coefficient (Wildman–Crippen LogP) is 8.11. The number of rotatable bonds is 3. The third-order valence-electron chi connectivity index (χ3n) is 9.49. The minimum absolute atomic E-state index is 0.809. The van der Waals surface area contributed by atoms with Gasteiger partial charge in [-0.1, -0.05) is 121 Å². The zero-order valence-corrected chi connectivity index (χ0v) is 22.3. The summed E-state index contributed by atoms with van der Waals surface area (Å²) in [5, 5.41) is 24.4. The third-order valence-corrected chi connectivity index (χ3v) is 9.49. The molecule has 0 radical (unpaired) electrons. The average Bonchev–Trinajstić information content (AvgIpc) is 3.45. The van der Waals surface area contributed by atoms with Crippen molar-refractivity contribution < 1.29 is 10.2 Å². The van der Waals surface area contributed by atoms with Crippen LogP contribution in [0.3, 0.4) is 0 Å². The fourth-order valence-corrected chi connectivity index (χ4v) is 7.53. The smallest absolute Gasteiger partial charge is 0.138 e. The van der Waals surface area contributed by atoms with E-state index in [9.17, 15) is 10.2 Å². The van der Waals surface area contributed by atoms with Crippen LogP contribution in [0.15, 0.2) is 144 Å². The average molecular weight is 519 g/mol. The van der Waals surface area contributed by atoms with E-state index in [1.54, 1.807) is 0 Å². The van der Waals surface area contributed by atoms with Gasteiger partial charge in [0.05, 0.1) is 0 Å². The number of allylic oxidation sites excluding steroid dienone is 6. The highest BCUT2D eigenvalue weighted by molar-refractivity contribution is 5.83. The standard InChI is InChI=1S/C38H30O2/c39-37(33-13-5-1-9-29(33)30-10-2-6-14-34(30)37)27-21-17-25(18-22-27)26-19-23-28(24-20-26)38(40)35-15-7-3-11-31(35)32-12-4-8-16-36(32)38/h1-17,19,21,23,39-40H,18,20,22,24H2. The molecule has 0 saturated heterocycles. The van der Waals surface area contributed by atoms with Crippen molar-refractivity contribution in [1.82, 2.24) is 0 Å². The van der Waals surface area contributed by atoms with Gasteiger partial charge < -0.3 is 10.2 Å². The van der Waals surface area contributed by atoms with E-state index in [1.165, 1.54) is 11.1 Å². The number of aliphatic hydroxyl groups is 2. The van der Waals surface area contributed by atoms with Crippen LogP contribution in [0.4, 0.5) is 0 Å². The fraction of sp³-hybridized carbons (Fsp3) is 0.158. The van der Waals surface area contributed by atoms with Crippen LogP contribution in [-0.4, -0.2) is 10.2 Å².